The summed E-state index contributed by atoms with van der Waals surface area (Å²) in [7, 11) is -9.93. The first kappa shape index (κ1) is 97.5. The van der Waals surface area contributed by atoms with E-state index in [4.69, 9.17) is 37.0 Å². The number of hydrogen-bond donors (Lipinski definition) is 3. The van der Waals surface area contributed by atoms with Crippen LogP contribution >= 0.6 is 15.6 Å². The van der Waals surface area contributed by atoms with Crippen LogP contribution in [0.4, 0.5) is 0 Å². The van der Waals surface area contributed by atoms with Gasteiger partial charge in [-0.15, -0.1) is 0 Å². The molecule has 590 valence electrons. The van der Waals surface area contributed by atoms with Gasteiger partial charge < -0.3 is 33.8 Å². The molecule has 5 atom stereocenters. The topological polar surface area (TPSA) is 237 Å². The molecule has 100 heavy (non-hydrogen) atoms. The van der Waals surface area contributed by atoms with Gasteiger partial charge in [0.25, 0.3) is 0 Å². The van der Waals surface area contributed by atoms with Crippen LogP contribution in [0.25, 0.3) is 0 Å². The normalized spacial score (nSPS) is 14.0. The summed E-state index contributed by atoms with van der Waals surface area (Å²) in [6, 6.07) is 0. The zero-order chi connectivity index (χ0) is 73.4. The van der Waals surface area contributed by atoms with Crippen molar-refractivity contribution in [2.24, 2.45) is 5.92 Å². The monoisotopic (exact) mass is 1460 g/mol. The maximum Gasteiger partial charge on any atom is 0.472 e. The summed E-state index contributed by atoms with van der Waals surface area (Å²) < 4.78 is 68.6. The number of carbonyl (C=O) groups excluding carboxylic acids is 4. The number of phosphoric acid groups is 2. The first-order valence-electron chi connectivity index (χ1n) is 41.5. The highest BCUT2D eigenvalue weighted by Gasteiger charge is 2.30. The molecule has 0 fully saturated rings. The van der Waals surface area contributed by atoms with Crippen molar-refractivity contribution in [2.75, 3.05) is 39.6 Å². The van der Waals surface area contributed by atoms with E-state index in [1.807, 2.05) is 0 Å². The van der Waals surface area contributed by atoms with Gasteiger partial charge in [-0.05, 0) is 57.3 Å². The summed E-state index contributed by atoms with van der Waals surface area (Å²) in [5.74, 6) is -1.32. The number of aliphatic hydroxyl groups is 1. The quantitative estimate of drug-likeness (QED) is 0.0169. The summed E-state index contributed by atoms with van der Waals surface area (Å²) in [6.45, 7) is 7.27. The highest BCUT2D eigenvalue weighted by molar-refractivity contribution is 7.47. The molecule has 0 aliphatic rings. The van der Waals surface area contributed by atoms with E-state index in [2.05, 4.69) is 58.9 Å². The number of esters is 4. The number of rotatable bonds is 79. The van der Waals surface area contributed by atoms with Gasteiger partial charge in [-0.25, -0.2) is 9.13 Å². The molecule has 3 N–H and O–H groups in total. The zero-order valence-corrected chi connectivity index (χ0v) is 66.6. The predicted molar refractivity (Wildman–Crippen MR) is 409 cm³/mol. The average molecular weight is 1460 g/mol. The lowest BCUT2D eigenvalue weighted by Gasteiger charge is -2.21. The molecule has 0 rings (SSSR count). The molecule has 0 saturated carbocycles. The molecular formula is C81H154O17P2. The molecule has 0 aliphatic carbocycles. The van der Waals surface area contributed by atoms with Gasteiger partial charge in [-0.3, -0.25) is 37.3 Å². The van der Waals surface area contributed by atoms with Crippen LogP contribution in [0.15, 0.2) is 24.3 Å². The van der Waals surface area contributed by atoms with E-state index >= 15 is 0 Å². The van der Waals surface area contributed by atoms with Crippen LogP contribution < -0.4 is 0 Å². The minimum Gasteiger partial charge on any atom is -0.462 e. The Kier molecular flexibility index (Phi) is 71.6. The van der Waals surface area contributed by atoms with E-state index in [1.165, 1.54) is 212 Å². The van der Waals surface area contributed by atoms with E-state index in [0.717, 1.165) is 115 Å². The van der Waals surface area contributed by atoms with Crippen molar-refractivity contribution < 1.29 is 80.2 Å². The minimum absolute atomic E-state index is 0.0852. The lowest BCUT2D eigenvalue weighted by Crippen LogP contribution is -2.30. The second kappa shape index (κ2) is 73.4. The van der Waals surface area contributed by atoms with Crippen molar-refractivity contribution in [1.82, 2.24) is 0 Å². The van der Waals surface area contributed by atoms with Gasteiger partial charge >= 0.3 is 39.5 Å². The third-order valence-corrected chi connectivity index (χ3v) is 20.3. The molecule has 2 unspecified atom stereocenters. The van der Waals surface area contributed by atoms with Crippen LogP contribution in [-0.4, -0.2) is 96.7 Å². The van der Waals surface area contributed by atoms with Gasteiger partial charge in [0, 0.05) is 25.7 Å². The molecule has 17 nitrogen and oxygen atoms in total. The van der Waals surface area contributed by atoms with Crippen molar-refractivity contribution in [3.63, 3.8) is 0 Å². The van der Waals surface area contributed by atoms with Gasteiger partial charge in [0.05, 0.1) is 26.4 Å². The van der Waals surface area contributed by atoms with E-state index in [9.17, 15) is 43.2 Å². The number of ether oxygens (including phenoxy) is 4. The number of allylic oxidation sites excluding steroid dienone is 4. The molecule has 0 aromatic carbocycles. The molecule has 0 heterocycles. The molecule has 19 heteroatoms. The van der Waals surface area contributed by atoms with E-state index in [0.29, 0.717) is 25.7 Å². The summed E-state index contributed by atoms with van der Waals surface area (Å²) in [4.78, 5) is 72.9. The Labute approximate surface area is 612 Å². The Morgan fingerprint density at radius 2 is 0.540 bits per heavy atom. The molecule has 0 spiro atoms. The number of hydrogen-bond acceptors (Lipinski definition) is 15. The van der Waals surface area contributed by atoms with Crippen molar-refractivity contribution in [3.05, 3.63) is 24.3 Å². The van der Waals surface area contributed by atoms with E-state index in [-0.39, 0.29) is 25.7 Å². The van der Waals surface area contributed by atoms with Crippen LogP contribution in [0.3, 0.4) is 0 Å². The van der Waals surface area contributed by atoms with Crippen LogP contribution in [0, 0.1) is 5.92 Å². The molecular weight excluding hydrogens is 1310 g/mol. The van der Waals surface area contributed by atoms with E-state index in [1.54, 1.807) is 0 Å². The van der Waals surface area contributed by atoms with Crippen molar-refractivity contribution in [2.45, 2.75) is 425 Å². The Morgan fingerprint density at radius 1 is 0.310 bits per heavy atom. The third kappa shape index (κ3) is 73.8. The molecule has 0 radical (unpaired) electrons. The lowest BCUT2D eigenvalue weighted by molar-refractivity contribution is -0.161. The van der Waals surface area contributed by atoms with Gasteiger partial charge in [-0.2, -0.15) is 0 Å². The smallest absolute Gasteiger partial charge is 0.462 e. The molecule has 0 aromatic heterocycles. The first-order valence-corrected chi connectivity index (χ1v) is 44.4. The fourth-order valence-electron chi connectivity index (χ4n) is 12.0. The summed E-state index contributed by atoms with van der Waals surface area (Å²) in [5, 5.41) is 10.6. The van der Waals surface area contributed by atoms with Crippen molar-refractivity contribution in [1.29, 1.82) is 0 Å². The maximum absolute atomic E-state index is 13.1. The second-order valence-electron chi connectivity index (χ2n) is 29.0. The van der Waals surface area contributed by atoms with Gasteiger partial charge in [0.2, 0.25) is 0 Å². The summed E-state index contributed by atoms with van der Waals surface area (Å²) >= 11 is 0. The minimum atomic E-state index is -4.96. The Balaban J connectivity index is 5.22. The molecule has 0 aliphatic heterocycles. The number of aliphatic hydroxyl groups excluding tert-OH is 1. The second-order valence-corrected chi connectivity index (χ2v) is 31.9. The summed E-state index contributed by atoms with van der Waals surface area (Å²) in [6.07, 6.45) is 67.5. The van der Waals surface area contributed by atoms with Crippen LogP contribution in [0.5, 0.6) is 0 Å². The standard InChI is InChI=1S/C81H154O17P2/c1-6-9-12-15-18-21-23-25-27-34-37-41-45-50-55-60-65-79(84)92-71-77(98-81(86)67-62-57-52-47-43-39-35-31-29-28-30-33-36-40-44-48-53-58-63-74(4)5)73-96-100(89,90)94-69-75(82)68-93-99(87,88)95-72-76(70-91-78(83)64-59-54-49-20-17-14-11-8-3)97-80(85)66-61-56-51-46-42-38-32-26-24-22-19-16-13-10-7-2/h22,24,26,32,74-77,82H,6-21,23,25,27-31,33-73H2,1-5H3,(H,87,88)(H,89,90)/b24-22-,32-26-/t75-,76+,77+/m0/s1. The van der Waals surface area contributed by atoms with Crippen LogP contribution in [-0.2, 0) is 65.4 Å². The van der Waals surface area contributed by atoms with Gasteiger partial charge in [0.1, 0.15) is 19.3 Å². The number of carbonyl (C=O) groups is 4. The maximum atomic E-state index is 13.1. The highest BCUT2D eigenvalue weighted by Crippen LogP contribution is 2.45. The van der Waals surface area contributed by atoms with Gasteiger partial charge in [-0.1, -0.05) is 354 Å². The van der Waals surface area contributed by atoms with Crippen molar-refractivity contribution >= 4 is 39.5 Å². The summed E-state index contributed by atoms with van der Waals surface area (Å²) in [5.41, 5.74) is 0. The van der Waals surface area contributed by atoms with Crippen LogP contribution in [0.2, 0.25) is 0 Å². The SMILES string of the molecule is CCCCCC/C=C\C=C/CCCCCCCC(=O)O[C@H](COC(=O)CCCCCCCCCC)COP(=O)(O)OC[C@H](O)COP(=O)(O)OC[C@@H](COC(=O)CCCCCCCCCCCCCCCCCC)OC(=O)CCCCCCCCCCCCCCCCCCCCC(C)C. The van der Waals surface area contributed by atoms with Crippen molar-refractivity contribution in [3.8, 4) is 0 Å². The fourth-order valence-corrected chi connectivity index (χ4v) is 13.6. The fraction of sp³-hybridized carbons (Fsp3) is 0.901. The Morgan fingerprint density at radius 3 is 0.820 bits per heavy atom. The van der Waals surface area contributed by atoms with Crippen LogP contribution in [0.1, 0.15) is 407 Å². The Bertz CT molecular complexity index is 2000. The lowest BCUT2D eigenvalue weighted by atomic mass is 10.0. The average Bonchev–Trinajstić information content (AvgIpc) is 0.970. The predicted octanol–water partition coefficient (Wildman–Crippen LogP) is 24.0. The van der Waals surface area contributed by atoms with E-state index < -0.39 is 97.5 Å². The molecule has 0 bridgehead atoms. The Hall–Kier alpha value is -2.46. The number of unbranched alkanes of at least 4 members (excludes halogenated alkanes) is 48. The largest absolute Gasteiger partial charge is 0.472 e. The molecule has 0 saturated heterocycles. The zero-order valence-electron chi connectivity index (χ0n) is 64.8. The highest BCUT2D eigenvalue weighted by atomic mass is 31.2. The number of phosphoric ester groups is 2. The first-order chi connectivity index (χ1) is 48.5. The molecule has 0 aromatic rings. The van der Waals surface area contributed by atoms with Gasteiger partial charge in [0.15, 0.2) is 12.2 Å². The molecule has 0 amide bonds. The third-order valence-electron chi connectivity index (χ3n) is 18.4.